The van der Waals surface area contributed by atoms with E-state index < -0.39 is 0 Å². The maximum absolute atomic E-state index is 10.0. The molecule has 5 nitrogen and oxygen atoms in total. The van der Waals surface area contributed by atoms with Gasteiger partial charge in [-0.05, 0) is 12.0 Å². The minimum absolute atomic E-state index is 0.313. The Labute approximate surface area is 99.4 Å². The summed E-state index contributed by atoms with van der Waals surface area (Å²) in [5, 5.41) is 17.4. The van der Waals surface area contributed by atoms with Crippen LogP contribution >= 0.6 is 0 Å². The molecule has 0 unspecified atom stereocenters. The van der Waals surface area contributed by atoms with Crippen LogP contribution in [-0.4, -0.2) is 20.0 Å². The molecule has 0 bridgehead atoms. The Kier molecular flexibility index (Phi) is 3.40. The summed E-state index contributed by atoms with van der Waals surface area (Å²) in [6, 6.07) is 5.68. The van der Waals surface area contributed by atoms with Gasteiger partial charge < -0.3 is 10.5 Å². The van der Waals surface area contributed by atoms with Crippen LogP contribution in [0.5, 0.6) is 5.75 Å². The highest BCUT2D eigenvalue weighted by atomic mass is 16.3. The van der Waals surface area contributed by atoms with Gasteiger partial charge in [0.2, 0.25) is 0 Å². The van der Waals surface area contributed by atoms with E-state index >= 15 is 0 Å². The summed E-state index contributed by atoms with van der Waals surface area (Å²) >= 11 is 0. The van der Waals surface area contributed by atoms with Crippen LogP contribution in [0.25, 0.3) is 0 Å². The molecule has 5 heteroatoms. The van der Waals surface area contributed by atoms with Gasteiger partial charge in [0.1, 0.15) is 18.4 Å². The highest BCUT2D eigenvalue weighted by Gasteiger charge is 2.05. The van der Waals surface area contributed by atoms with Crippen molar-refractivity contribution in [3.05, 3.63) is 54.6 Å². The number of aromatic hydroxyl groups is 1. The van der Waals surface area contributed by atoms with Gasteiger partial charge in [-0.1, -0.05) is 24.3 Å². The lowest BCUT2D eigenvalue weighted by Crippen LogP contribution is -2.12. The predicted molar refractivity (Wildman–Crippen MR) is 65.1 cm³/mol. The zero-order valence-corrected chi connectivity index (χ0v) is 9.37. The summed E-state index contributed by atoms with van der Waals surface area (Å²) in [4.78, 5) is 0. The number of phenols is 1. The number of phenolic OH excluding ortho intramolecular Hbond substituents is 1. The highest BCUT2D eigenvalue weighted by Crippen LogP contribution is 2.23. The van der Waals surface area contributed by atoms with Gasteiger partial charge >= 0.3 is 0 Å². The first-order valence-corrected chi connectivity index (χ1v) is 5.30. The van der Waals surface area contributed by atoms with Crippen molar-refractivity contribution in [2.24, 2.45) is 0 Å². The molecule has 2 aromatic rings. The summed E-state index contributed by atoms with van der Waals surface area (Å²) < 4.78 is 1.64. The number of benzene rings is 1. The van der Waals surface area contributed by atoms with Crippen molar-refractivity contribution in [3.8, 4) is 5.75 Å². The molecule has 0 fully saturated rings. The lowest BCUT2D eigenvalue weighted by Gasteiger charge is -2.10. The largest absolute Gasteiger partial charge is 0.507 e. The van der Waals surface area contributed by atoms with Gasteiger partial charge in [-0.3, -0.25) is 0 Å². The molecule has 0 aliphatic rings. The average molecular weight is 230 g/mol. The number of rotatable bonds is 5. The number of para-hydroxylation sites is 1. The number of allylic oxidation sites excluding steroid dienone is 1. The lowest BCUT2D eigenvalue weighted by atomic mass is 10.1. The molecule has 1 aromatic heterocycles. The third-order valence-electron chi connectivity index (χ3n) is 2.44. The number of nitrogens with one attached hydrogen (secondary N) is 1. The standard InChI is InChI=1S/C12H14N4O/c1-2-4-10-5-3-6-11(12(10)17)7-15-16-8-13-14-9-16/h2-3,5-6,8-9,15,17H,1,4,7H2. The van der Waals surface area contributed by atoms with Crippen molar-refractivity contribution in [2.45, 2.75) is 13.0 Å². The van der Waals surface area contributed by atoms with Crippen molar-refractivity contribution in [2.75, 3.05) is 5.43 Å². The van der Waals surface area contributed by atoms with E-state index in [4.69, 9.17) is 0 Å². The molecule has 0 spiro atoms. The van der Waals surface area contributed by atoms with Crippen LogP contribution in [0.3, 0.4) is 0 Å². The van der Waals surface area contributed by atoms with Gasteiger partial charge in [-0.2, -0.15) is 0 Å². The smallest absolute Gasteiger partial charge is 0.138 e. The minimum atomic E-state index is 0.313. The Morgan fingerprint density at radius 3 is 2.71 bits per heavy atom. The molecule has 0 saturated carbocycles. The van der Waals surface area contributed by atoms with Crippen LogP contribution in [0.1, 0.15) is 11.1 Å². The van der Waals surface area contributed by atoms with Crippen LogP contribution in [-0.2, 0) is 13.0 Å². The first kappa shape index (κ1) is 11.2. The Hall–Kier alpha value is -2.30. The maximum Gasteiger partial charge on any atom is 0.138 e. The summed E-state index contributed by atoms with van der Waals surface area (Å²) in [5.74, 6) is 0.313. The van der Waals surface area contributed by atoms with Crippen LogP contribution in [0.2, 0.25) is 0 Å². The van der Waals surface area contributed by atoms with Crippen molar-refractivity contribution >= 4 is 0 Å². The summed E-state index contributed by atoms with van der Waals surface area (Å²) in [6.07, 6.45) is 5.55. The molecule has 88 valence electrons. The predicted octanol–water partition coefficient (Wildman–Crippen LogP) is 1.46. The summed E-state index contributed by atoms with van der Waals surface area (Å²) in [6.45, 7) is 4.17. The first-order chi connectivity index (χ1) is 8.31. The number of nitrogens with zero attached hydrogens (tertiary/aromatic N) is 3. The van der Waals surface area contributed by atoms with E-state index in [2.05, 4.69) is 22.2 Å². The normalized spacial score (nSPS) is 10.1. The molecule has 0 amide bonds. The molecule has 17 heavy (non-hydrogen) atoms. The first-order valence-electron chi connectivity index (χ1n) is 5.30. The monoisotopic (exact) mass is 230 g/mol. The number of hydrogen-bond acceptors (Lipinski definition) is 4. The number of aromatic nitrogens is 3. The van der Waals surface area contributed by atoms with E-state index in [0.717, 1.165) is 11.1 Å². The average Bonchev–Trinajstić information content (AvgIpc) is 2.83. The molecular formula is C12H14N4O. The zero-order valence-electron chi connectivity index (χ0n) is 9.37. The molecule has 0 aliphatic carbocycles. The molecule has 2 N–H and O–H groups in total. The van der Waals surface area contributed by atoms with E-state index in [-0.39, 0.29) is 0 Å². The fraction of sp³-hybridized carbons (Fsp3) is 0.167. The van der Waals surface area contributed by atoms with Gasteiger partial charge in [0, 0.05) is 5.56 Å². The van der Waals surface area contributed by atoms with Crippen LogP contribution in [0.15, 0.2) is 43.5 Å². The lowest BCUT2D eigenvalue weighted by molar-refractivity contribution is 0.462. The minimum Gasteiger partial charge on any atom is -0.507 e. The maximum atomic E-state index is 10.0. The van der Waals surface area contributed by atoms with Gasteiger partial charge in [-0.15, -0.1) is 16.8 Å². The molecule has 0 aliphatic heterocycles. The summed E-state index contributed by atoms with van der Waals surface area (Å²) in [5.41, 5.74) is 4.77. The highest BCUT2D eigenvalue weighted by molar-refractivity contribution is 5.41. The van der Waals surface area contributed by atoms with E-state index in [1.54, 1.807) is 23.4 Å². The quantitative estimate of drug-likeness (QED) is 0.763. The third kappa shape index (κ3) is 2.63. The van der Waals surface area contributed by atoms with Crippen molar-refractivity contribution < 1.29 is 5.11 Å². The second-order valence-corrected chi connectivity index (χ2v) is 3.62. The van der Waals surface area contributed by atoms with Gasteiger partial charge in [0.25, 0.3) is 0 Å². The fourth-order valence-corrected chi connectivity index (χ4v) is 1.57. The van der Waals surface area contributed by atoms with E-state index in [0.29, 0.717) is 18.7 Å². The molecule has 0 radical (unpaired) electrons. The number of hydrogen-bond donors (Lipinski definition) is 2. The molecule has 0 atom stereocenters. The van der Waals surface area contributed by atoms with Crippen molar-refractivity contribution in [1.82, 2.24) is 14.9 Å². The fourth-order valence-electron chi connectivity index (χ4n) is 1.57. The summed E-state index contributed by atoms with van der Waals surface area (Å²) in [7, 11) is 0. The second-order valence-electron chi connectivity index (χ2n) is 3.62. The Balaban J connectivity index is 2.10. The van der Waals surface area contributed by atoms with Crippen molar-refractivity contribution in [3.63, 3.8) is 0 Å². The molecule has 2 rings (SSSR count). The topological polar surface area (TPSA) is 63.0 Å². The van der Waals surface area contributed by atoms with Crippen LogP contribution < -0.4 is 5.43 Å². The molecule has 1 heterocycles. The molecular weight excluding hydrogens is 216 g/mol. The molecule has 1 aromatic carbocycles. The third-order valence-corrected chi connectivity index (χ3v) is 2.44. The van der Waals surface area contributed by atoms with Crippen molar-refractivity contribution in [1.29, 1.82) is 0 Å². The molecule has 0 saturated heterocycles. The van der Waals surface area contributed by atoms with Gasteiger partial charge in [0.05, 0.1) is 6.54 Å². The van der Waals surface area contributed by atoms with Gasteiger partial charge in [-0.25, -0.2) is 4.68 Å². The second kappa shape index (κ2) is 5.16. The Morgan fingerprint density at radius 2 is 2.00 bits per heavy atom. The van der Waals surface area contributed by atoms with E-state index in [9.17, 15) is 5.11 Å². The van der Waals surface area contributed by atoms with E-state index in [1.165, 1.54) is 0 Å². The SMILES string of the molecule is C=CCc1cccc(CNn2cnnc2)c1O. The Bertz CT molecular complexity index is 493. The zero-order chi connectivity index (χ0) is 12.1. The van der Waals surface area contributed by atoms with Crippen LogP contribution in [0, 0.1) is 0 Å². The van der Waals surface area contributed by atoms with E-state index in [1.807, 2.05) is 18.2 Å². The Morgan fingerprint density at radius 1 is 1.29 bits per heavy atom. The van der Waals surface area contributed by atoms with Crippen LogP contribution in [0.4, 0.5) is 0 Å². The van der Waals surface area contributed by atoms with Gasteiger partial charge in [0.15, 0.2) is 0 Å².